The molecule has 0 heterocycles. The lowest BCUT2D eigenvalue weighted by molar-refractivity contribution is -0.166. The zero-order chi connectivity index (χ0) is 17.0. The predicted octanol–water partition coefficient (Wildman–Crippen LogP) is 3.45. The zero-order valence-corrected chi connectivity index (χ0v) is 13.8. The van der Waals surface area contributed by atoms with Gasteiger partial charge in [0.2, 0.25) is 0 Å². The summed E-state index contributed by atoms with van der Waals surface area (Å²) in [7, 11) is 2.57. The fraction of sp³-hybridized carbons (Fsp3) is 0.368. The van der Waals surface area contributed by atoms with E-state index in [1.807, 2.05) is 37.3 Å². The Morgan fingerprint density at radius 2 is 1.78 bits per heavy atom. The van der Waals surface area contributed by atoms with E-state index < -0.39 is 17.4 Å². The molecule has 0 unspecified atom stereocenters. The van der Waals surface area contributed by atoms with Crippen molar-refractivity contribution in [2.75, 3.05) is 14.2 Å². The lowest BCUT2D eigenvalue weighted by Gasteiger charge is -2.35. The van der Waals surface area contributed by atoms with Crippen LogP contribution in [0.15, 0.2) is 42.0 Å². The summed E-state index contributed by atoms with van der Waals surface area (Å²) in [6, 6.07) is 7.79. The van der Waals surface area contributed by atoms with Crippen LogP contribution >= 0.6 is 0 Å². The van der Waals surface area contributed by atoms with Crippen LogP contribution < -0.4 is 0 Å². The SMILES string of the molecule is C=C1CCCC(C(=O)OC)(C(=O)OC)/C1=C\c1ccccc1C. The molecule has 0 N–H and O–H groups in total. The van der Waals surface area contributed by atoms with Crippen LogP contribution in [0, 0.1) is 12.3 Å². The highest BCUT2D eigenvalue weighted by Gasteiger charge is 2.53. The monoisotopic (exact) mass is 314 g/mol. The third-order valence-corrected chi connectivity index (χ3v) is 4.43. The third kappa shape index (κ3) is 2.93. The van der Waals surface area contributed by atoms with E-state index in [4.69, 9.17) is 9.47 Å². The van der Waals surface area contributed by atoms with E-state index in [-0.39, 0.29) is 0 Å². The molecule has 4 heteroatoms. The van der Waals surface area contributed by atoms with Crippen molar-refractivity contribution in [1.82, 2.24) is 0 Å². The van der Waals surface area contributed by atoms with Gasteiger partial charge in [-0.05, 0) is 49.0 Å². The minimum absolute atomic E-state index is 0.364. The lowest BCUT2D eigenvalue weighted by atomic mass is 9.67. The Morgan fingerprint density at radius 1 is 1.17 bits per heavy atom. The third-order valence-electron chi connectivity index (χ3n) is 4.43. The van der Waals surface area contributed by atoms with Crippen molar-refractivity contribution in [2.24, 2.45) is 5.41 Å². The average Bonchev–Trinajstić information content (AvgIpc) is 2.57. The number of hydrogen-bond acceptors (Lipinski definition) is 4. The zero-order valence-electron chi connectivity index (χ0n) is 13.8. The van der Waals surface area contributed by atoms with Crippen LogP contribution in [-0.4, -0.2) is 26.2 Å². The van der Waals surface area contributed by atoms with Gasteiger partial charge < -0.3 is 9.47 Å². The van der Waals surface area contributed by atoms with Crippen LogP contribution in [-0.2, 0) is 19.1 Å². The molecule has 122 valence electrons. The number of hydrogen-bond donors (Lipinski definition) is 0. The molecule has 1 saturated carbocycles. The van der Waals surface area contributed by atoms with Gasteiger partial charge in [-0.25, -0.2) is 0 Å². The summed E-state index contributed by atoms with van der Waals surface area (Å²) in [6.45, 7) is 6.05. The van der Waals surface area contributed by atoms with Crippen LogP contribution in [0.5, 0.6) is 0 Å². The van der Waals surface area contributed by atoms with E-state index in [9.17, 15) is 9.59 Å². The summed E-state index contributed by atoms with van der Waals surface area (Å²) in [4.78, 5) is 25.0. The quantitative estimate of drug-likeness (QED) is 0.633. The van der Waals surface area contributed by atoms with Gasteiger partial charge in [-0.15, -0.1) is 0 Å². The molecule has 0 radical (unpaired) electrons. The average molecular weight is 314 g/mol. The van der Waals surface area contributed by atoms with Crippen molar-refractivity contribution < 1.29 is 19.1 Å². The summed E-state index contributed by atoms with van der Waals surface area (Å²) < 4.78 is 9.88. The van der Waals surface area contributed by atoms with Gasteiger partial charge in [-0.2, -0.15) is 0 Å². The molecule has 0 aliphatic heterocycles. The summed E-state index contributed by atoms with van der Waals surface area (Å²) >= 11 is 0. The first kappa shape index (κ1) is 17.0. The lowest BCUT2D eigenvalue weighted by Crippen LogP contribution is -2.45. The molecule has 0 spiro atoms. The highest BCUT2D eigenvalue weighted by atomic mass is 16.5. The molecule has 0 atom stereocenters. The second-order valence-corrected chi connectivity index (χ2v) is 5.76. The van der Waals surface area contributed by atoms with Gasteiger partial charge in [0.15, 0.2) is 5.41 Å². The van der Waals surface area contributed by atoms with Crippen molar-refractivity contribution in [3.05, 3.63) is 53.1 Å². The molecule has 1 aliphatic carbocycles. The van der Waals surface area contributed by atoms with Crippen molar-refractivity contribution >= 4 is 18.0 Å². The van der Waals surface area contributed by atoms with Crippen LogP contribution in [0.1, 0.15) is 30.4 Å². The van der Waals surface area contributed by atoms with Crippen molar-refractivity contribution in [2.45, 2.75) is 26.2 Å². The Morgan fingerprint density at radius 3 is 2.35 bits per heavy atom. The number of ether oxygens (including phenoxy) is 2. The fourth-order valence-corrected chi connectivity index (χ4v) is 3.12. The number of allylic oxidation sites excluding steroid dienone is 1. The van der Waals surface area contributed by atoms with Crippen LogP contribution in [0.3, 0.4) is 0 Å². The van der Waals surface area contributed by atoms with E-state index in [0.29, 0.717) is 18.4 Å². The minimum atomic E-state index is -1.43. The maximum absolute atomic E-state index is 12.5. The van der Waals surface area contributed by atoms with Crippen molar-refractivity contribution in [3.63, 3.8) is 0 Å². The van der Waals surface area contributed by atoms with E-state index in [1.54, 1.807) is 0 Å². The van der Waals surface area contributed by atoms with Crippen molar-refractivity contribution in [1.29, 1.82) is 0 Å². The molecule has 0 amide bonds. The number of carbonyl (C=O) groups excluding carboxylic acids is 2. The Kier molecular flexibility index (Phi) is 5.04. The molecule has 0 aromatic heterocycles. The molecule has 1 aliphatic rings. The fourth-order valence-electron chi connectivity index (χ4n) is 3.12. The number of benzene rings is 1. The smallest absolute Gasteiger partial charge is 0.327 e. The Balaban J connectivity index is 2.67. The predicted molar refractivity (Wildman–Crippen MR) is 88.6 cm³/mol. The molecule has 1 fully saturated rings. The van der Waals surface area contributed by atoms with Gasteiger partial charge in [-0.3, -0.25) is 9.59 Å². The maximum atomic E-state index is 12.5. The van der Waals surface area contributed by atoms with E-state index >= 15 is 0 Å². The molecule has 4 nitrogen and oxygen atoms in total. The van der Waals surface area contributed by atoms with E-state index in [0.717, 1.165) is 23.1 Å². The molecule has 0 saturated heterocycles. The highest BCUT2D eigenvalue weighted by molar-refractivity contribution is 6.06. The molecule has 1 aromatic carbocycles. The number of esters is 2. The Bertz CT molecular complexity index is 654. The van der Waals surface area contributed by atoms with E-state index in [2.05, 4.69) is 6.58 Å². The van der Waals surface area contributed by atoms with Crippen LogP contribution in [0.4, 0.5) is 0 Å². The Labute approximate surface area is 136 Å². The van der Waals surface area contributed by atoms with Gasteiger partial charge in [0.1, 0.15) is 0 Å². The van der Waals surface area contributed by atoms with Crippen LogP contribution in [0.2, 0.25) is 0 Å². The number of carbonyl (C=O) groups is 2. The summed E-state index contributed by atoms with van der Waals surface area (Å²) in [5, 5.41) is 0. The van der Waals surface area contributed by atoms with Crippen LogP contribution in [0.25, 0.3) is 6.08 Å². The molecular formula is C19H22O4. The first-order valence-corrected chi connectivity index (χ1v) is 7.60. The number of methoxy groups -OCH3 is 2. The molecule has 1 aromatic rings. The number of rotatable bonds is 3. The molecule has 0 bridgehead atoms. The normalized spacial score (nSPS) is 18.6. The van der Waals surface area contributed by atoms with E-state index in [1.165, 1.54) is 14.2 Å². The van der Waals surface area contributed by atoms with Crippen molar-refractivity contribution in [3.8, 4) is 0 Å². The molecular weight excluding hydrogens is 292 g/mol. The van der Waals surface area contributed by atoms with Gasteiger partial charge in [-0.1, -0.05) is 36.4 Å². The molecule has 23 heavy (non-hydrogen) atoms. The minimum Gasteiger partial charge on any atom is -0.468 e. The highest BCUT2D eigenvalue weighted by Crippen LogP contribution is 2.46. The summed E-state index contributed by atoms with van der Waals surface area (Å²) in [6.07, 6.45) is 3.66. The Hall–Kier alpha value is -2.36. The standard InChI is InChI=1S/C19H22O4/c1-13-8-5-6-10-15(13)12-16-14(2)9-7-11-19(16,17(20)22-3)18(21)23-4/h5-6,8,10,12H,2,7,9,11H2,1,3-4H3/b16-12-. The molecule has 2 rings (SSSR count). The second-order valence-electron chi connectivity index (χ2n) is 5.76. The first-order chi connectivity index (χ1) is 11.0. The van der Waals surface area contributed by atoms with Gasteiger partial charge >= 0.3 is 11.9 Å². The first-order valence-electron chi connectivity index (χ1n) is 7.60. The van der Waals surface area contributed by atoms with Gasteiger partial charge in [0.05, 0.1) is 14.2 Å². The second kappa shape index (κ2) is 6.82. The van der Waals surface area contributed by atoms with Gasteiger partial charge in [0.25, 0.3) is 0 Å². The summed E-state index contributed by atoms with van der Waals surface area (Å²) in [5.74, 6) is -1.19. The van der Waals surface area contributed by atoms with Gasteiger partial charge in [0, 0.05) is 0 Å². The number of aryl methyl sites for hydroxylation is 1. The summed E-state index contributed by atoms with van der Waals surface area (Å²) in [5.41, 5.74) is 1.94. The maximum Gasteiger partial charge on any atom is 0.327 e. The topological polar surface area (TPSA) is 52.6 Å². The largest absolute Gasteiger partial charge is 0.468 e.